The van der Waals surface area contributed by atoms with Crippen LogP contribution in [0.2, 0.25) is 0 Å². The maximum atomic E-state index is 12.4. The van der Waals surface area contributed by atoms with Crippen molar-refractivity contribution >= 4 is 17.5 Å². The van der Waals surface area contributed by atoms with Crippen molar-refractivity contribution < 1.29 is 14.3 Å². The third-order valence-corrected chi connectivity index (χ3v) is 4.73. The van der Waals surface area contributed by atoms with E-state index >= 15 is 0 Å². The summed E-state index contributed by atoms with van der Waals surface area (Å²) in [5.41, 5.74) is 0.690. The molecule has 0 atom stereocenters. The zero-order valence-electron chi connectivity index (χ0n) is 10.9. The zero-order chi connectivity index (χ0) is 13.1. The average Bonchev–Trinajstić information content (AvgIpc) is 2.47. The number of fused-ring (bicyclic) bond motifs is 1. The first-order valence-electron chi connectivity index (χ1n) is 6.84. The lowest BCUT2D eigenvalue weighted by Crippen LogP contribution is -2.19. The van der Waals surface area contributed by atoms with Crippen LogP contribution in [0.1, 0.15) is 29.6 Å². The molecular weight excluding hydrogens is 260 g/mol. The molecule has 0 radical (unpaired) electrons. The minimum Gasteiger partial charge on any atom is -0.486 e. The van der Waals surface area contributed by atoms with Gasteiger partial charge in [0.05, 0.1) is 5.56 Å². The van der Waals surface area contributed by atoms with Crippen LogP contribution in [-0.2, 0) is 0 Å². The van der Waals surface area contributed by atoms with Crippen LogP contribution in [0.3, 0.4) is 0 Å². The van der Waals surface area contributed by atoms with Crippen LogP contribution >= 0.6 is 11.8 Å². The smallest absolute Gasteiger partial charge is 0.172 e. The van der Waals surface area contributed by atoms with E-state index in [0.29, 0.717) is 42.6 Å². The lowest BCUT2D eigenvalue weighted by atomic mass is 9.93. The molecule has 0 aromatic heterocycles. The first kappa shape index (κ1) is 12.9. The average molecular weight is 278 g/mol. The number of carbonyl (C=O) groups excluding carboxylic acids is 1. The Kier molecular flexibility index (Phi) is 3.97. The van der Waals surface area contributed by atoms with Gasteiger partial charge in [-0.1, -0.05) is 6.07 Å². The van der Waals surface area contributed by atoms with Gasteiger partial charge in [0, 0.05) is 6.42 Å². The highest BCUT2D eigenvalue weighted by atomic mass is 32.2. The Labute approximate surface area is 117 Å². The first-order valence-corrected chi connectivity index (χ1v) is 7.99. The maximum absolute atomic E-state index is 12.4. The van der Waals surface area contributed by atoms with Gasteiger partial charge in [0.25, 0.3) is 0 Å². The highest BCUT2D eigenvalue weighted by Gasteiger charge is 2.23. The molecule has 1 aromatic carbocycles. The predicted octanol–water partition coefficient (Wildman–Crippen LogP) is 3.17. The summed E-state index contributed by atoms with van der Waals surface area (Å²) in [5, 5.41) is 0. The van der Waals surface area contributed by atoms with E-state index < -0.39 is 0 Å². The minimum absolute atomic E-state index is 0.194. The van der Waals surface area contributed by atoms with Crippen LogP contribution in [0.5, 0.6) is 11.5 Å². The third kappa shape index (κ3) is 2.89. The number of rotatable bonds is 3. The fourth-order valence-corrected chi connectivity index (χ4v) is 3.82. The Morgan fingerprint density at radius 2 is 2.00 bits per heavy atom. The molecule has 1 fully saturated rings. The molecule has 2 heterocycles. The van der Waals surface area contributed by atoms with Gasteiger partial charge < -0.3 is 9.47 Å². The molecule has 0 amide bonds. The minimum atomic E-state index is 0.194. The normalized spacial score (nSPS) is 19.2. The van der Waals surface area contributed by atoms with Gasteiger partial charge in [-0.3, -0.25) is 4.79 Å². The SMILES string of the molecule is O=C(CC1CCSCC1)c1cccc2c1OCCO2. The van der Waals surface area contributed by atoms with Crippen molar-refractivity contribution in [1.82, 2.24) is 0 Å². The number of benzene rings is 1. The van der Waals surface area contributed by atoms with E-state index in [1.165, 1.54) is 11.5 Å². The van der Waals surface area contributed by atoms with E-state index in [9.17, 15) is 4.79 Å². The Bertz CT molecular complexity index is 466. The number of hydrogen-bond acceptors (Lipinski definition) is 4. The van der Waals surface area contributed by atoms with Gasteiger partial charge in [0.1, 0.15) is 13.2 Å². The van der Waals surface area contributed by atoms with Gasteiger partial charge in [0.2, 0.25) is 0 Å². The fraction of sp³-hybridized carbons (Fsp3) is 0.533. The number of carbonyl (C=O) groups is 1. The monoisotopic (exact) mass is 278 g/mol. The molecule has 102 valence electrons. The summed E-state index contributed by atoms with van der Waals surface area (Å²) in [7, 11) is 0. The molecule has 3 nitrogen and oxygen atoms in total. The summed E-state index contributed by atoms with van der Waals surface area (Å²) in [6, 6.07) is 5.59. The summed E-state index contributed by atoms with van der Waals surface area (Å²) in [6.07, 6.45) is 2.95. The van der Waals surface area contributed by atoms with Gasteiger partial charge >= 0.3 is 0 Å². The lowest BCUT2D eigenvalue weighted by Gasteiger charge is -2.23. The van der Waals surface area contributed by atoms with Crippen molar-refractivity contribution in [3.8, 4) is 11.5 Å². The molecule has 2 aliphatic rings. The van der Waals surface area contributed by atoms with Crippen molar-refractivity contribution in [1.29, 1.82) is 0 Å². The third-order valence-electron chi connectivity index (χ3n) is 3.68. The van der Waals surface area contributed by atoms with Crippen LogP contribution in [0.15, 0.2) is 18.2 Å². The Morgan fingerprint density at radius 1 is 1.21 bits per heavy atom. The Balaban J connectivity index is 1.75. The van der Waals surface area contributed by atoms with Crippen molar-refractivity contribution in [3.05, 3.63) is 23.8 Å². The summed E-state index contributed by atoms with van der Waals surface area (Å²) in [4.78, 5) is 12.4. The Morgan fingerprint density at radius 3 is 2.84 bits per heavy atom. The molecule has 3 rings (SSSR count). The molecule has 0 bridgehead atoms. The summed E-state index contributed by atoms with van der Waals surface area (Å²) in [6.45, 7) is 1.09. The van der Waals surface area contributed by atoms with Gasteiger partial charge in [-0.2, -0.15) is 11.8 Å². The quantitative estimate of drug-likeness (QED) is 0.796. The molecule has 19 heavy (non-hydrogen) atoms. The topological polar surface area (TPSA) is 35.5 Å². The molecule has 0 N–H and O–H groups in total. The van der Waals surface area contributed by atoms with Crippen LogP contribution in [0.4, 0.5) is 0 Å². The first-order chi connectivity index (χ1) is 9.34. The largest absolute Gasteiger partial charge is 0.486 e. The maximum Gasteiger partial charge on any atom is 0.172 e. The molecule has 4 heteroatoms. The van der Waals surface area contributed by atoms with Gasteiger partial charge in [0.15, 0.2) is 17.3 Å². The van der Waals surface area contributed by atoms with Gasteiger partial charge in [-0.05, 0) is 42.4 Å². The summed E-state index contributed by atoms with van der Waals surface area (Å²) >= 11 is 1.99. The number of ether oxygens (including phenoxy) is 2. The van der Waals surface area contributed by atoms with E-state index in [2.05, 4.69) is 0 Å². The van der Waals surface area contributed by atoms with Crippen LogP contribution < -0.4 is 9.47 Å². The zero-order valence-corrected chi connectivity index (χ0v) is 11.7. The number of Topliss-reactive ketones (excluding diaryl/α,β-unsaturated/α-hetero) is 1. The van der Waals surface area contributed by atoms with E-state index in [1.54, 1.807) is 0 Å². The molecular formula is C15H18O3S. The number of hydrogen-bond donors (Lipinski definition) is 0. The van der Waals surface area contributed by atoms with E-state index in [-0.39, 0.29) is 5.78 Å². The number of ketones is 1. The van der Waals surface area contributed by atoms with Gasteiger partial charge in [-0.25, -0.2) is 0 Å². The van der Waals surface area contributed by atoms with Crippen molar-refractivity contribution in [3.63, 3.8) is 0 Å². The molecule has 0 saturated carbocycles. The molecule has 0 aliphatic carbocycles. The van der Waals surface area contributed by atoms with Crippen molar-refractivity contribution in [2.24, 2.45) is 5.92 Å². The summed E-state index contributed by atoms with van der Waals surface area (Å²) < 4.78 is 11.1. The van der Waals surface area contributed by atoms with Crippen molar-refractivity contribution in [2.45, 2.75) is 19.3 Å². The molecule has 1 aromatic rings. The number of thioether (sulfide) groups is 1. The lowest BCUT2D eigenvalue weighted by molar-refractivity contribution is 0.0947. The molecule has 0 spiro atoms. The van der Waals surface area contributed by atoms with Crippen LogP contribution in [0, 0.1) is 5.92 Å². The molecule has 1 saturated heterocycles. The van der Waals surface area contributed by atoms with E-state index in [0.717, 1.165) is 12.8 Å². The number of para-hydroxylation sites is 1. The second-order valence-electron chi connectivity index (χ2n) is 5.01. The van der Waals surface area contributed by atoms with Crippen LogP contribution in [0.25, 0.3) is 0 Å². The van der Waals surface area contributed by atoms with E-state index in [4.69, 9.17) is 9.47 Å². The second-order valence-corrected chi connectivity index (χ2v) is 6.24. The van der Waals surface area contributed by atoms with E-state index in [1.807, 2.05) is 30.0 Å². The molecule has 2 aliphatic heterocycles. The van der Waals surface area contributed by atoms with Gasteiger partial charge in [-0.15, -0.1) is 0 Å². The predicted molar refractivity (Wildman–Crippen MR) is 76.4 cm³/mol. The summed E-state index contributed by atoms with van der Waals surface area (Å²) in [5.74, 6) is 4.45. The van der Waals surface area contributed by atoms with Crippen LogP contribution in [-0.4, -0.2) is 30.5 Å². The standard InChI is InChI=1S/C15H18O3S/c16-13(10-11-4-8-19-9-5-11)12-2-1-3-14-15(12)18-7-6-17-14/h1-3,11H,4-10H2. The second kappa shape index (κ2) is 5.87. The fourth-order valence-electron chi connectivity index (χ4n) is 2.62. The highest BCUT2D eigenvalue weighted by molar-refractivity contribution is 7.99. The Hall–Kier alpha value is -1.16. The highest BCUT2D eigenvalue weighted by Crippen LogP contribution is 2.35. The molecule has 0 unspecified atom stereocenters. The van der Waals surface area contributed by atoms with Crippen molar-refractivity contribution in [2.75, 3.05) is 24.7 Å².